The summed E-state index contributed by atoms with van der Waals surface area (Å²) in [5.41, 5.74) is 4.08. The number of carbonyl (C=O) groups excluding carboxylic acids is 1. The molecular weight excluding hydrogens is 300 g/mol. The maximum atomic E-state index is 11.8. The van der Waals surface area contributed by atoms with Crippen LogP contribution in [-0.2, 0) is 0 Å². The lowest BCUT2D eigenvalue weighted by Gasteiger charge is -2.11. The average molecular weight is 318 g/mol. The molecule has 8 heteroatoms. The van der Waals surface area contributed by atoms with Crippen LogP contribution >= 0.6 is 0 Å². The van der Waals surface area contributed by atoms with Gasteiger partial charge in [0.25, 0.3) is 5.91 Å². The molecule has 0 radical (unpaired) electrons. The second-order valence-corrected chi connectivity index (χ2v) is 4.58. The predicted octanol–water partition coefficient (Wildman–Crippen LogP) is 1.51. The predicted molar refractivity (Wildman–Crippen MR) is 84.5 cm³/mol. The van der Waals surface area contributed by atoms with E-state index in [0.717, 1.165) is 5.69 Å². The Kier molecular flexibility index (Phi) is 5.19. The molecule has 0 fully saturated rings. The maximum Gasteiger partial charge on any atom is 0.291 e. The number of amides is 1. The van der Waals surface area contributed by atoms with Crippen LogP contribution in [0.5, 0.6) is 17.2 Å². The van der Waals surface area contributed by atoms with Crippen molar-refractivity contribution in [3.63, 3.8) is 0 Å². The minimum atomic E-state index is -0.412. The van der Waals surface area contributed by atoms with E-state index in [-0.39, 0.29) is 5.69 Å². The quantitative estimate of drug-likeness (QED) is 0.621. The number of hydrogen-bond acceptors (Lipinski definition) is 6. The van der Waals surface area contributed by atoms with Crippen LogP contribution < -0.4 is 19.6 Å². The summed E-state index contributed by atoms with van der Waals surface area (Å²) < 4.78 is 15.7. The number of aromatic amines is 1. The van der Waals surface area contributed by atoms with Gasteiger partial charge in [-0.15, -0.1) is 0 Å². The number of rotatable bonds is 6. The Bertz CT molecular complexity index is 724. The van der Waals surface area contributed by atoms with Gasteiger partial charge in [-0.3, -0.25) is 9.89 Å². The summed E-state index contributed by atoms with van der Waals surface area (Å²) >= 11 is 0. The zero-order chi connectivity index (χ0) is 16.8. The number of benzene rings is 1. The zero-order valence-electron chi connectivity index (χ0n) is 13.3. The van der Waals surface area contributed by atoms with Crippen LogP contribution in [0.25, 0.3) is 0 Å². The molecule has 8 nitrogen and oxygen atoms in total. The molecule has 1 aromatic heterocycles. The molecule has 0 atom stereocenters. The van der Waals surface area contributed by atoms with Gasteiger partial charge in [0.15, 0.2) is 17.2 Å². The molecule has 0 bridgehead atoms. The van der Waals surface area contributed by atoms with Crippen molar-refractivity contribution >= 4 is 12.1 Å². The molecule has 122 valence electrons. The van der Waals surface area contributed by atoms with Crippen LogP contribution in [0.3, 0.4) is 0 Å². The number of H-pyrrole nitrogens is 1. The molecule has 0 aliphatic carbocycles. The Balaban J connectivity index is 2.16. The number of nitrogens with one attached hydrogen (secondary N) is 2. The SMILES string of the molecule is COc1cc(OC)c(OC)cc1/C=N\NC(=O)c1cc(C)[nH]n1. The van der Waals surface area contributed by atoms with Crippen molar-refractivity contribution in [2.45, 2.75) is 6.92 Å². The molecule has 0 unspecified atom stereocenters. The van der Waals surface area contributed by atoms with Crippen molar-refractivity contribution in [1.82, 2.24) is 15.6 Å². The van der Waals surface area contributed by atoms with Crippen molar-refractivity contribution in [1.29, 1.82) is 0 Å². The lowest BCUT2D eigenvalue weighted by atomic mass is 10.2. The Labute approximate surface area is 133 Å². The van der Waals surface area contributed by atoms with E-state index in [2.05, 4.69) is 20.7 Å². The zero-order valence-corrected chi connectivity index (χ0v) is 13.3. The van der Waals surface area contributed by atoms with Crippen LogP contribution in [-0.4, -0.2) is 43.6 Å². The fourth-order valence-electron chi connectivity index (χ4n) is 1.91. The van der Waals surface area contributed by atoms with E-state index in [1.54, 1.807) is 18.2 Å². The Morgan fingerprint density at radius 3 is 2.35 bits per heavy atom. The highest BCUT2D eigenvalue weighted by Gasteiger charge is 2.11. The van der Waals surface area contributed by atoms with E-state index >= 15 is 0 Å². The van der Waals surface area contributed by atoms with Gasteiger partial charge >= 0.3 is 0 Å². The second-order valence-electron chi connectivity index (χ2n) is 4.58. The Morgan fingerprint density at radius 2 is 1.78 bits per heavy atom. The number of hydrogen-bond donors (Lipinski definition) is 2. The minimum Gasteiger partial charge on any atom is -0.496 e. The first-order chi connectivity index (χ1) is 11.1. The number of aryl methyl sites for hydroxylation is 1. The number of methoxy groups -OCH3 is 3. The molecule has 0 saturated carbocycles. The first-order valence-electron chi connectivity index (χ1n) is 6.74. The highest BCUT2D eigenvalue weighted by Crippen LogP contribution is 2.33. The molecule has 0 saturated heterocycles. The molecule has 0 aliphatic heterocycles. The first-order valence-corrected chi connectivity index (χ1v) is 6.74. The minimum absolute atomic E-state index is 0.263. The molecule has 1 heterocycles. The van der Waals surface area contributed by atoms with E-state index in [4.69, 9.17) is 14.2 Å². The van der Waals surface area contributed by atoms with E-state index in [9.17, 15) is 4.79 Å². The monoisotopic (exact) mass is 318 g/mol. The third-order valence-electron chi connectivity index (χ3n) is 3.04. The third kappa shape index (κ3) is 3.79. The fraction of sp³-hybridized carbons (Fsp3) is 0.267. The molecule has 23 heavy (non-hydrogen) atoms. The number of nitrogens with zero attached hydrogens (tertiary/aromatic N) is 2. The van der Waals surface area contributed by atoms with Gasteiger partial charge in [0.2, 0.25) is 0 Å². The molecular formula is C15H18N4O4. The number of hydrazone groups is 1. The molecule has 0 spiro atoms. The summed E-state index contributed by atoms with van der Waals surface area (Å²) in [6, 6.07) is 5.01. The number of ether oxygens (including phenoxy) is 3. The van der Waals surface area contributed by atoms with Crippen LogP contribution in [0.4, 0.5) is 0 Å². The molecule has 2 rings (SSSR count). The molecule has 1 aromatic carbocycles. The van der Waals surface area contributed by atoms with Gasteiger partial charge < -0.3 is 14.2 Å². The van der Waals surface area contributed by atoms with E-state index in [1.807, 2.05) is 6.92 Å². The topological polar surface area (TPSA) is 97.8 Å². The highest BCUT2D eigenvalue weighted by molar-refractivity contribution is 5.93. The van der Waals surface area contributed by atoms with Crippen molar-refractivity contribution in [2.24, 2.45) is 5.10 Å². The van der Waals surface area contributed by atoms with Gasteiger partial charge in [0, 0.05) is 17.3 Å². The lowest BCUT2D eigenvalue weighted by molar-refractivity contribution is 0.0950. The van der Waals surface area contributed by atoms with Crippen molar-refractivity contribution in [3.05, 3.63) is 35.2 Å². The van der Waals surface area contributed by atoms with E-state index < -0.39 is 5.91 Å². The molecule has 2 N–H and O–H groups in total. The summed E-state index contributed by atoms with van der Waals surface area (Å²) in [5.74, 6) is 1.20. The van der Waals surface area contributed by atoms with Gasteiger partial charge in [0.1, 0.15) is 5.75 Å². The smallest absolute Gasteiger partial charge is 0.291 e. The van der Waals surface area contributed by atoms with Crippen molar-refractivity contribution in [3.8, 4) is 17.2 Å². The average Bonchev–Trinajstić information content (AvgIpc) is 3.00. The van der Waals surface area contributed by atoms with Crippen LogP contribution in [0.1, 0.15) is 21.7 Å². The van der Waals surface area contributed by atoms with E-state index in [0.29, 0.717) is 22.8 Å². The first kappa shape index (κ1) is 16.3. The van der Waals surface area contributed by atoms with Crippen LogP contribution in [0.15, 0.2) is 23.3 Å². The largest absolute Gasteiger partial charge is 0.496 e. The van der Waals surface area contributed by atoms with Gasteiger partial charge in [0.05, 0.1) is 27.5 Å². The Hall–Kier alpha value is -3.03. The normalized spacial score (nSPS) is 10.6. The van der Waals surface area contributed by atoms with Crippen LogP contribution in [0, 0.1) is 6.92 Å². The summed E-state index contributed by atoms with van der Waals surface area (Å²) in [6.07, 6.45) is 1.46. The second kappa shape index (κ2) is 7.30. The molecule has 2 aromatic rings. The summed E-state index contributed by atoms with van der Waals surface area (Å²) in [4.78, 5) is 11.8. The summed E-state index contributed by atoms with van der Waals surface area (Å²) in [6.45, 7) is 1.81. The lowest BCUT2D eigenvalue weighted by Crippen LogP contribution is -2.18. The van der Waals surface area contributed by atoms with Crippen molar-refractivity contribution in [2.75, 3.05) is 21.3 Å². The summed E-state index contributed by atoms with van der Waals surface area (Å²) in [5, 5.41) is 10.5. The Morgan fingerprint density at radius 1 is 1.13 bits per heavy atom. The van der Waals surface area contributed by atoms with Gasteiger partial charge in [-0.2, -0.15) is 10.2 Å². The standard InChI is InChI=1S/C15H18N4O4/c1-9-5-11(18-17-9)15(20)19-16-8-10-6-13(22-3)14(23-4)7-12(10)21-2/h5-8H,1-4H3,(H,17,18)(H,19,20)/b16-8-. The summed E-state index contributed by atoms with van der Waals surface area (Å²) in [7, 11) is 4.60. The number of carbonyl (C=O) groups is 1. The van der Waals surface area contributed by atoms with Gasteiger partial charge in [-0.05, 0) is 19.1 Å². The van der Waals surface area contributed by atoms with Crippen molar-refractivity contribution < 1.29 is 19.0 Å². The maximum absolute atomic E-state index is 11.8. The number of aromatic nitrogens is 2. The molecule has 1 amide bonds. The van der Waals surface area contributed by atoms with E-state index in [1.165, 1.54) is 27.5 Å². The van der Waals surface area contributed by atoms with Gasteiger partial charge in [-0.25, -0.2) is 5.43 Å². The fourth-order valence-corrected chi connectivity index (χ4v) is 1.91. The van der Waals surface area contributed by atoms with Gasteiger partial charge in [-0.1, -0.05) is 0 Å². The van der Waals surface area contributed by atoms with Crippen LogP contribution in [0.2, 0.25) is 0 Å². The highest BCUT2D eigenvalue weighted by atomic mass is 16.5. The molecule has 0 aliphatic rings. The third-order valence-corrected chi connectivity index (χ3v) is 3.04.